The second-order valence-electron chi connectivity index (χ2n) is 5.30. The van der Waals surface area contributed by atoms with Crippen molar-refractivity contribution in [1.82, 2.24) is 5.32 Å². The van der Waals surface area contributed by atoms with E-state index < -0.39 is 0 Å². The van der Waals surface area contributed by atoms with E-state index >= 15 is 0 Å². The number of hydrogen-bond donors (Lipinski definition) is 1. The van der Waals surface area contributed by atoms with Crippen LogP contribution in [0.1, 0.15) is 37.8 Å². The molecule has 1 aromatic rings. The van der Waals surface area contributed by atoms with Gasteiger partial charge in [0.1, 0.15) is 0 Å². The van der Waals surface area contributed by atoms with E-state index in [-0.39, 0.29) is 11.4 Å². The van der Waals surface area contributed by atoms with Crippen molar-refractivity contribution in [3.63, 3.8) is 0 Å². The highest BCUT2D eigenvalue weighted by atomic mass is 79.9. The summed E-state index contributed by atoms with van der Waals surface area (Å²) in [5.74, 6) is 0.129. The van der Waals surface area contributed by atoms with Gasteiger partial charge in [0.05, 0.1) is 0 Å². The Morgan fingerprint density at radius 1 is 1.33 bits per heavy atom. The second-order valence-corrected chi connectivity index (χ2v) is 6.09. The standard InChI is InChI=1S/C15H22BrNO/c1-12-6-4-5-7-13(12)8-9-14(18)17-15(2,3)10-11-16/h4-7H,8-11H2,1-3H3,(H,17,18). The first-order chi connectivity index (χ1) is 8.44. The van der Waals surface area contributed by atoms with Crippen LogP contribution in [0.2, 0.25) is 0 Å². The number of amides is 1. The van der Waals surface area contributed by atoms with Crippen LogP contribution in [-0.4, -0.2) is 16.8 Å². The van der Waals surface area contributed by atoms with Gasteiger partial charge in [-0.15, -0.1) is 0 Å². The van der Waals surface area contributed by atoms with E-state index in [4.69, 9.17) is 0 Å². The van der Waals surface area contributed by atoms with Gasteiger partial charge >= 0.3 is 0 Å². The molecule has 1 amide bonds. The molecular formula is C15H22BrNO. The van der Waals surface area contributed by atoms with Crippen molar-refractivity contribution in [1.29, 1.82) is 0 Å². The fraction of sp³-hybridized carbons (Fsp3) is 0.533. The summed E-state index contributed by atoms with van der Waals surface area (Å²) in [5, 5.41) is 3.98. The Kier molecular flexibility index (Phi) is 5.86. The first kappa shape index (κ1) is 15.2. The van der Waals surface area contributed by atoms with Crippen molar-refractivity contribution in [3.05, 3.63) is 35.4 Å². The highest BCUT2D eigenvalue weighted by Gasteiger charge is 2.19. The average Bonchev–Trinajstić information content (AvgIpc) is 2.27. The van der Waals surface area contributed by atoms with E-state index in [1.165, 1.54) is 11.1 Å². The van der Waals surface area contributed by atoms with E-state index in [1.54, 1.807) is 0 Å². The largest absolute Gasteiger partial charge is 0.351 e. The van der Waals surface area contributed by atoms with Gasteiger partial charge in [-0.2, -0.15) is 0 Å². The van der Waals surface area contributed by atoms with Crippen LogP contribution in [0.5, 0.6) is 0 Å². The minimum atomic E-state index is -0.133. The molecular weight excluding hydrogens is 290 g/mol. The van der Waals surface area contributed by atoms with Gasteiger partial charge in [-0.3, -0.25) is 4.79 Å². The number of carbonyl (C=O) groups excluding carboxylic acids is 1. The Bertz CT molecular complexity index is 401. The van der Waals surface area contributed by atoms with Crippen molar-refractivity contribution in [2.24, 2.45) is 0 Å². The number of benzene rings is 1. The van der Waals surface area contributed by atoms with Gasteiger partial charge in [-0.05, 0) is 44.7 Å². The van der Waals surface area contributed by atoms with Crippen LogP contribution >= 0.6 is 15.9 Å². The van der Waals surface area contributed by atoms with E-state index in [0.29, 0.717) is 6.42 Å². The zero-order chi connectivity index (χ0) is 13.6. The van der Waals surface area contributed by atoms with E-state index in [0.717, 1.165) is 18.2 Å². The van der Waals surface area contributed by atoms with Gasteiger partial charge in [0.15, 0.2) is 0 Å². The highest BCUT2D eigenvalue weighted by Crippen LogP contribution is 2.12. The topological polar surface area (TPSA) is 29.1 Å². The minimum Gasteiger partial charge on any atom is -0.351 e. The predicted octanol–water partition coefficient (Wildman–Crippen LogP) is 3.61. The van der Waals surface area contributed by atoms with Crippen molar-refractivity contribution in [2.45, 2.75) is 45.6 Å². The van der Waals surface area contributed by atoms with Gasteiger partial charge < -0.3 is 5.32 Å². The quantitative estimate of drug-likeness (QED) is 0.799. The molecule has 3 heteroatoms. The molecule has 0 heterocycles. The van der Waals surface area contributed by atoms with Gasteiger partial charge in [0.25, 0.3) is 0 Å². The fourth-order valence-electron chi connectivity index (χ4n) is 1.88. The third-order valence-electron chi connectivity index (χ3n) is 3.08. The molecule has 2 nitrogen and oxygen atoms in total. The molecule has 0 radical (unpaired) electrons. The molecule has 0 spiro atoms. The van der Waals surface area contributed by atoms with E-state index in [2.05, 4.69) is 54.2 Å². The van der Waals surface area contributed by atoms with Crippen LogP contribution < -0.4 is 5.32 Å². The van der Waals surface area contributed by atoms with E-state index in [1.807, 2.05) is 12.1 Å². The maximum absolute atomic E-state index is 11.9. The molecule has 100 valence electrons. The lowest BCUT2D eigenvalue weighted by Gasteiger charge is -2.25. The van der Waals surface area contributed by atoms with Gasteiger partial charge in [0.2, 0.25) is 5.91 Å². The van der Waals surface area contributed by atoms with Gasteiger partial charge in [0, 0.05) is 17.3 Å². The molecule has 0 atom stereocenters. The van der Waals surface area contributed by atoms with Crippen molar-refractivity contribution >= 4 is 21.8 Å². The Balaban J connectivity index is 2.45. The first-order valence-corrected chi connectivity index (χ1v) is 7.48. The number of halogens is 1. The SMILES string of the molecule is Cc1ccccc1CCC(=O)NC(C)(C)CCBr. The molecule has 1 N–H and O–H groups in total. The summed E-state index contributed by atoms with van der Waals surface area (Å²) in [5.41, 5.74) is 2.38. The number of rotatable bonds is 6. The molecule has 0 unspecified atom stereocenters. The third-order valence-corrected chi connectivity index (χ3v) is 3.48. The molecule has 0 aliphatic heterocycles. The van der Waals surface area contributed by atoms with Gasteiger partial charge in [-0.1, -0.05) is 40.2 Å². The lowest BCUT2D eigenvalue weighted by molar-refractivity contribution is -0.122. The van der Waals surface area contributed by atoms with Crippen LogP contribution in [0, 0.1) is 6.92 Å². The van der Waals surface area contributed by atoms with Crippen LogP contribution in [0.4, 0.5) is 0 Å². The first-order valence-electron chi connectivity index (χ1n) is 6.36. The zero-order valence-electron chi connectivity index (χ0n) is 11.4. The van der Waals surface area contributed by atoms with Crippen LogP contribution in [-0.2, 0) is 11.2 Å². The van der Waals surface area contributed by atoms with Crippen molar-refractivity contribution in [3.8, 4) is 0 Å². The Hall–Kier alpha value is -0.830. The summed E-state index contributed by atoms with van der Waals surface area (Å²) >= 11 is 3.41. The van der Waals surface area contributed by atoms with Crippen LogP contribution in [0.25, 0.3) is 0 Å². The molecule has 1 rings (SSSR count). The lowest BCUT2D eigenvalue weighted by atomic mass is 10.0. The molecule has 0 bridgehead atoms. The molecule has 18 heavy (non-hydrogen) atoms. The maximum atomic E-state index is 11.9. The summed E-state index contributed by atoms with van der Waals surface area (Å²) in [7, 11) is 0. The molecule has 0 fully saturated rings. The number of aryl methyl sites for hydroxylation is 2. The third kappa shape index (κ3) is 5.21. The van der Waals surface area contributed by atoms with Crippen LogP contribution in [0.3, 0.4) is 0 Å². The number of carbonyl (C=O) groups is 1. The monoisotopic (exact) mass is 311 g/mol. The normalized spacial score (nSPS) is 11.3. The van der Waals surface area contributed by atoms with Crippen molar-refractivity contribution < 1.29 is 4.79 Å². The predicted molar refractivity (Wildman–Crippen MR) is 80.1 cm³/mol. The van der Waals surface area contributed by atoms with Crippen molar-refractivity contribution in [2.75, 3.05) is 5.33 Å². The summed E-state index contributed by atoms with van der Waals surface area (Å²) in [6, 6.07) is 8.22. The zero-order valence-corrected chi connectivity index (χ0v) is 13.0. The smallest absolute Gasteiger partial charge is 0.220 e. The Labute approximate surface area is 118 Å². The van der Waals surface area contributed by atoms with Crippen LogP contribution in [0.15, 0.2) is 24.3 Å². The number of alkyl halides is 1. The Morgan fingerprint density at radius 3 is 2.61 bits per heavy atom. The van der Waals surface area contributed by atoms with E-state index in [9.17, 15) is 4.79 Å². The lowest BCUT2D eigenvalue weighted by Crippen LogP contribution is -2.43. The molecule has 0 aliphatic carbocycles. The summed E-state index contributed by atoms with van der Waals surface area (Å²) < 4.78 is 0. The number of nitrogens with one attached hydrogen (secondary N) is 1. The fourth-order valence-corrected chi connectivity index (χ4v) is 2.87. The molecule has 1 aromatic carbocycles. The minimum absolute atomic E-state index is 0.129. The Morgan fingerprint density at radius 2 is 2.00 bits per heavy atom. The highest BCUT2D eigenvalue weighted by molar-refractivity contribution is 9.09. The summed E-state index contributed by atoms with van der Waals surface area (Å²) in [4.78, 5) is 11.9. The second kappa shape index (κ2) is 6.93. The summed E-state index contributed by atoms with van der Waals surface area (Å²) in [6.07, 6.45) is 2.29. The molecule has 0 aromatic heterocycles. The summed E-state index contributed by atoms with van der Waals surface area (Å²) in [6.45, 7) is 6.20. The van der Waals surface area contributed by atoms with Gasteiger partial charge in [-0.25, -0.2) is 0 Å². The maximum Gasteiger partial charge on any atom is 0.220 e. The number of hydrogen-bond acceptors (Lipinski definition) is 1. The average molecular weight is 312 g/mol. The molecule has 0 saturated heterocycles. The molecule has 0 aliphatic rings. The molecule has 0 saturated carbocycles.